The maximum atomic E-state index is 12.4. The van der Waals surface area contributed by atoms with Crippen LogP contribution in [0.4, 0.5) is 5.69 Å². The van der Waals surface area contributed by atoms with Crippen molar-refractivity contribution in [1.82, 2.24) is 9.97 Å². The number of benzene rings is 1. The number of anilines is 1. The summed E-state index contributed by atoms with van der Waals surface area (Å²) in [5.74, 6) is 0.423. The molecule has 0 atom stereocenters. The lowest BCUT2D eigenvalue weighted by atomic mass is 10.2. The Morgan fingerprint density at radius 1 is 1.33 bits per heavy atom. The molecule has 1 N–H and O–H groups in total. The van der Waals surface area contributed by atoms with E-state index in [0.717, 1.165) is 21.9 Å². The Labute approximate surface area is 148 Å². The zero-order chi connectivity index (χ0) is 17.1. The van der Waals surface area contributed by atoms with Gasteiger partial charge >= 0.3 is 0 Å². The minimum Gasteiger partial charge on any atom is -0.496 e. The van der Waals surface area contributed by atoms with Crippen LogP contribution in [0.3, 0.4) is 0 Å². The van der Waals surface area contributed by atoms with Gasteiger partial charge in [0.15, 0.2) is 0 Å². The molecule has 0 saturated carbocycles. The summed E-state index contributed by atoms with van der Waals surface area (Å²) in [4.78, 5) is 20.8. The van der Waals surface area contributed by atoms with Gasteiger partial charge in [0.2, 0.25) is 0 Å². The molecule has 0 unspecified atom stereocenters. The first-order chi connectivity index (χ1) is 11.6. The van der Waals surface area contributed by atoms with Crippen molar-refractivity contribution < 1.29 is 9.53 Å². The molecule has 0 aliphatic rings. The van der Waals surface area contributed by atoms with Gasteiger partial charge in [-0.2, -0.15) is 0 Å². The van der Waals surface area contributed by atoms with E-state index < -0.39 is 0 Å². The average Bonchev–Trinajstić information content (AvgIpc) is 3.08. The number of ether oxygens (including phenoxy) is 1. The lowest BCUT2D eigenvalue weighted by molar-refractivity contribution is 0.102. The Hall–Kier alpha value is -2.44. The van der Waals surface area contributed by atoms with Gasteiger partial charge in [0.1, 0.15) is 21.6 Å². The number of rotatable bonds is 4. The molecular weight excluding hydrogens is 346 g/mol. The van der Waals surface area contributed by atoms with Gasteiger partial charge < -0.3 is 10.1 Å². The molecule has 2 heterocycles. The van der Waals surface area contributed by atoms with Crippen LogP contribution in [0.5, 0.6) is 5.75 Å². The average molecular weight is 360 g/mol. The highest BCUT2D eigenvalue weighted by Gasteiger charge is 2.15. The topological polar surface area (TPSA) is 64.1 Å². The van der Waals surface area contributed by atoms with Crippen molar-refractivity contribution >= 4 is 34.5 Å². The first kappa shape index (κ1) is 16.4. The maximum absolute atomic E-state index is 12.4. The van der Waals surface area contributed by atoms with Crippen LogP contribution in [0.15, 0.2) is 41.9 Å². The number of para-hydroxylation sites is 1. The summed E-state index contributed by atoms with van der Waals surface area (Å²) < 4.78 is 5.33. The van der Waals surface area contributed by atoms with Gasteiger partial charge in [0.25, 0.3) is 5.91 Å². The number of carbonyl (C=O) groups excluding carboxylic acids is 1. The molecular formula is C17H14ClN3O2S. The Morgan fingerprint density at radius 2 is 2.12 bits per heavy atom. The van der Waals surface area contributed by atoms with Crippen LogP contribution >= 0.6 is 22.9 Å². The zero-order valence-corrected chi connectivity index (χ0v) is 14.6. The van der Waals surface area contributed by atoms with E-state index in [1.54, 1.807) is 18.6 Å². The Morgan fingerprint density at radius 3 is 2.88 bits per heavy atom. The van der Waals surface area contributed by atoms with E-state index in [4.69, 9.17) is 16.3 Å². The highest BCUT2D eigenvalue weighted by molar-refractivity contribution is 7.13. The Balaban J connectivity index is 1.82. The van der Waals surface area contributed by atoms with Crippen molar-refractivity contribution in [2.45, 2.75) is 6.92 Å². The van der Waals surface area contributed by atoms with Crippen molar-refractivity contribution in [3.05, 3.63) is 58.3 Å². The second kappa shape index (κ2) is 6.98. The second-order valence-corrected chi connectivity index (χ2v) is 6.24. The summed E-state index contributed by atoms with van der Waals surface area (Å²) in [6.07, 6.45) is 1.51. The van der Waals surface area contributed by atoms with E-state index in [1.807, 2.05) is 31.2 Å². The molecule has 7 heteroatoms. The van der Waals surface area contributed by atoms with Crippen molar-refractivity contribution in [2.24, 2.45) is 0 Å². The summed E-state index contributed by atoms with van der Waals surface area (Å²) in [6.45, 7) is 1.83. The third-order valence-corrected chi connectivity index (χ3v) is 4.62. The molecule has 0 radical (unpaired) electrons. The van der Waals surface area contributed by atoms with E-state index in [9.17, 15) is 4.79 Å². The fourth-order valence-electron chi connectivity index (χ4n) is 2.14. The van der Waals surface area contributed by atoms with Gasteiger partial charge in [-0.05, 0) is 30.7 Å². The summed E-state index contributed by atoms with van der Waals surface area (Å²) in [5, 5.41) is 5.63. The van der Waals surface area contributed by atoms with E-state index in [1.165, 1.54) is 17.5 Å². The molecule has 1 amide bonds. The van der Waals surface area contributed by atoms with Gasteiger partial charge in [-0.15, -0.1) is 11.3 Å². The van der Waals surface area contributed by atoms with Crippen molar-refractivity contribution in [3.8, 4) is 16.3 Å². The number of aromatic nitrogens is 2. The van der Waals surface area contributed by atoms with Crippen LogP contribution in [0.2, 0.25) is 5.15 Å². The number of aryl methyl sites for hydroxylation is 1. The molecule has 0 aliphatic heterocycles. The summed E-state index contributed by atoms with van der Waals surface area (Å²) in [6, 6.07) is 9.33. The normalized spacial score (nSPS) is 10.5. The molecule has 2 aromatic heterocycles. The summed E-state index contributed by atoms with van der Waals surface area (Å²) in [5.41, 5.74) is 2.57. The van der Waals surface area contributed by atoms with Gasteiger partial charge in [0, 0.05) is 5.38 Å². The SMILES string of the molecule is COc1ccccc1-c1nc(C(=O)Nc2cnc(Cl)c(C)c2)cs1. The monoisotopic (exact) mass is 359 g/mol. The largest absolute Gasteiger partial charge is 0.496 e. The number of thiazole rings is 1. The van der Waals surface area contributed by atoms with Crippen LogP contribution in [-0.4, -0.2) is 23.0 Å². The van der Waals surface area contributed by atoms with Crippen LogP contribution < -0.4 is 10.1 Å². The molecule has 24 heavy (non-hydrogen) atoms. The number of hydrogen-bond acceptors (Lipinski definition) is 5. The second-order valence-electron chi connectivity index (χ2n) is 5.02. The van der Waals surface area contributed by atoms with Gasteiger partial charge in [-0.1, -0.05) is 23.7 Å². The maximum Gasteiger partial charge on any atom is 0.275 e. The van der Waals surface area contributed by atoms with Crippen LogP contribution in [-0.2, 0) is 0 Å². The van der Waals surface area contributed by atoms with E-state index >= 15 is 0 Å². The number of amides is 1. The van der Waals surface area contributed by atoms with Crippen LogP contribution in [0.1, 0.15) is 16.1 Å². The molecule has 0 saturated heterocycles. The standard InChI is InChI=1S/C17H14ClN3O2S/c1-10-7-11(8-19-15(10)18)20-16(22)13-9-24-17(21-13)12-5-3-4-6-14(12)23-2/h3-9H,1-2H3,(H,20,22). The lowest BCUT2D eigenvalue weighted by Crippen LogP contribution is -2.12. The number of pyridine rings is 1. The third-order valence-electron chi connectivity index (χ3n) is 3.35. The number of carbonyl (C=O) groups is 1. The van der Waals surface area contributed by atoms with Crippen molar-refractivity contribution in [3.63, 3.8) is 0 Å². The highest BCUT2D eigenvalue weighted by Crippen LogP contribution is 2.32. The highest BCUT2D eigenvalue weighted by atomic mass is 35.5. The molecule has 0 spiro atoms. The van der Waals surface area contributed by atoms with Gasteiger partial charge in [-0.25, -0.2) is 9.97 Å². The number of hydrogen-bond donors (Lipinski definition) is 1. The fraction of sp³-hybridized carbons (Fsp3) is 0.118. The molecule has 0 fully saturated rings. The Bertz CT molecular complexity index is 895. The van der Waals surface area contributed by atoms with E-state index in [0.29, 0.717) is 16.5 Å². The smallest absolute Gasteiger partial charge is 0.275 e. The third kappa shape index (κ3) is 3.39. The predicted octanol–water partition coefficient (Wildman–Crippen LogP) is 4.43. The zero-order valence-electron chi connectivity index (χ0n) is 13.0. The van der Waals surface area contributed by atoms with Crippen LogP contribution in [0.25, 0.3) is 10.6 Å². The van der Waals surface area contributed by atoms with E-state index in [-0.39, 0.29) is 5.91 Å². The molecule has 3 aromatic rings. The van der Waals surface area contributed by atoms with Crippen molar-refractivity contribution in [2.75, 3.05) is 12.4 Å². The summed E-state index contributed by atoms with van der Waals surface area (Å²) in [7, 11) is 1.61. The summed E-state index contributed by atoms with van der Waals surface area (Å²) >= 11 is 7.28. The molecule has 5 nitrogen and oxygen atoms in total. The molecule has 0 aliphatic carbocycles. The molecule has 0 bridgehead atoms. The first-order valence-corrected chi connectivity index (χ1v) is 8.36. The quantitative estimate of drug-likeness (QED) is 0.700. The van der Waals surface area contributed by atoms with Gasteiger partial charge in [-0.3, -0.25) is 4.79 Å². The lowest BCUT2D eigenvalue weighted by Gasteiger charge is -2.05. The molecule has 3 rings (SSSR count). The number of halogens is 1. The van der Waals surface area contributed by atoms with Crippen LogP contribution in [0, 0.1) is 6.92 Å². The van der Waals surface area contributed by atoms with E-state index in [2.05, 4.69) is 15.3 Å². The fourth-order valence-corrected chi connectivity index (χ4v) is 3.08. The number of nitrogens with zero attached hydrogens (tertiary/aromatic N) is 2. The Kier molecular flexibility index (Phi) is 4.78. The number of nitrogens with one attached hydrogen (secondary N) is 1. The van der Waals surface area contributed by atoms with Crippen molar-refractivity contribution in [1.29, 1.82) is 0 Å². The number of methoxy groups -OCH3 is 1. The van der Waals surface area contributed by atoms with Gasteiger partial charge in [0.05, 0.1) is 24.6 Å². The molecule has 1 aromatic carbocycles. The predicted molar refractivity (Wildman–Crippen MR) is 96.0 cm³/mol. The minimum absolute atomic E-state index is 0.295. The first-order valence-electron chi connectivity index (χ1n) is 7.11. The minimum atomic E-state index is -0.295. The molecule has 122 valence electrons.